The molecule has 0 unspecified atom stereocenters. The third-order valence-corrected chi connectivity index (χ3v) is 2.17. The zero-order valence-electron chi connectivity index (χ0n) is 9.19. The first-order chi connectivity index (χ1) is 7.27. The molecule has 0 saturated carbocycles. The van der Waals surface area contributed by atoms with Gasteiger partial charge >= 0.3 is 0 Å². The monoisotopic (exact) mass is 204 g/mol. The third kappa shape index (κ3) is 3.58. The summed E-state index contributed by atoms with van der Waals surface area (Å²) in [5, 5.41) is 2.33. The minimum Gasteiger partial charge on any atom is -0.471 e. The molecule has 0 saturated heterocycles. The largest absolute Gasteiger partial charge is 0.471 e. The Kier molecular flexibility index (Phi) is 4.61. The van der Waals surface area contributed by atoms with Crippen LogP contribution in [0.2, 0.25) is 0 Å². The lowest BCUT2D eigenvalue weighted by atomic mass is 10.2. The van der Waals surface area contributed by atoms with Gasteiger partial charge in [0.2, 0.25) is 0 Å². The van der Waals surface area contributed by atoms with Crippen molar-refractivity contribution < 1.29 is 9.21 Å². The van der Waals surface area contributed by atoms with E-state index in [2.05, 4.69) is 0 Å². The number of benzene rings is 1. The lowest BCUT2D eigenvalue weighted by Gasteiger charge is -1.81. The molecule has 1 heterocycles. The van der Waals surface area contributed by atoms with E-state index in [0.717, 1.165) is 10.8 Å². The van der Waals surface area contributed by atoms with Crippen molar-refractivity contribution >= 4 is 16.6 Å². The van der Waals surface area contributed by atoms with E-state index >= 15 is 0 Å². The summed E-state index contributed by atoms with van der Waals surface area (Å²) in [4.78, 5) is 10.2. The molecular formula is C13H16O2. The molecule has 1 aromatic heterocycles. The van der Waals surface area contributed by atoms with E-state index < -0.39 is 0 Å². The number of furan rings is 1. The van der Waals surface area contributed by atoms with Crippen LogP contribution in [0.5, 0.6) is 0 Å². The van der Waals surface area contributed by atoms with Gasteiger partial charge in [0.1, 0.15) is 5.78 Å². The van der Waals surface area contributed by atoms with Crippen molar-refractivity contribution in [2.45, 2.75) is 26.7 Å². The standard InChI is InChI=1S/C8H6O.C5H10O/c1-2-4-8-6-9-5-7(8)3-1;1-3-5(6)4-2/h1-6H;3-4H2,1-2H3. The van der Waals surface area contributed by atoms with E-state index in [1.165, 1.54) is 0 Å². The van der Waals surface area contributed by atoms with Crippen LogP contribution in [0.25, 0.3) is 10.8 Å². The van der Waals surface area contributed by atoms with Crippen molar-refractivity contribution in [2.24, 2.45) is 0 Å². The molecule has 0 fully saturated rings. The molecule has 0 atom stereocenters. The normalized spacial score (nSPS) is 9.47. The Morgan fingerprint density at radius 2 is 1.53 bits per heavy atom. The van der Waals surface area contributed by atoms with Gasteiger partial charge < -0.3 is 4.42 Å². The summed E-state index contributed by atoms with van der Waals surface area (Å²) in [5.41, 5.74) is 0. The number of rotatable bonds is 2. The zero-order chi connectivity index (χ0) is 11.1. The highest BCUT2D eigenvalue weighted by Gasteiger charge is 1.89. The summed E-state index contributed by atoms with van der Waals surface area (Å²) in [7, 11) is 0. The predicted octanol–water partition coefficient (Wildman–Crippen LogP) is 3.81. The summed E-state index contributed by atoms with van der Waals surface area (Å²) in [6.07, 6.45) is 4.87. The van der Waals surface area contributed by atoms with Crippen molar-refractivity contribution in [1.82, 2.24) is 0 Å². The Labute approximate surface area is 89.9 Å². The number of hydrogen-bond acceptors (Lipinski definition) is 2. The van der Waals surface area contributed by atoms with Crippen LogP contribution in [-0.2, 0) is 4.79 Å². The number of fused-ring (bicyclic) bond motifs is 1. The van der Waals surface area contributed by atoms with E-state index in [1.54, 1.807) is 12.5 Å². The number of hydrogen-bond donors (Lipinski definition) is 0. The Morgan fingerprint density at radius 1 is 1.07 bits per heavy atom. The number of ketones is 1. The average molecular weight is 204 g/mol. The fourth-order valence-corrected chi connectivity index (χ4v) is 1.16. The molecule has 0 aliphatic rings. The molecule has 15 heavy (non-hydrogen) atoms. The maximum atomic E-state index is 10.2. The average Bonchev–Trinajstić information content (AvgIpc) is 2.76. The Morgan fingerprint density at radius 3 is 1.87 bits per heavy atom. The van der Waals surface area contributed by atoms with Gasteiger partial charge in [0.25, 0.3) is 0 Å². The van der Waals surface area contributed by atoms with Gasteiger partial charge in [0.15, 0.2) is 0 Å². The van der Waals surface area contributed by atoms with E-state index in [1.807, 2.05) is 38.1 Å². The molecule has 80 valence electrons. The number of carbonyl (C=O) groups excluding carboxylic acids is 1. The Bertz CT molecular complexity index is 379. The second kappa shape index (κ2) is 6.02. The fourth-order valence-electron chi connectivity index (χ4n) is 1.16. The Balaban J connectivity index is 0.000000167. The molecule has 2 heteroatoms. The van der Waals surface area contributed by atoms with Gasteiger partial charge in [-0.1, -0.05) is 38.1 Å². The molecule has 0 aliphatic carbocycles. The summed E-state index contributed by atoms with van der Waals surface area (Å²) in [5.74, 6) is 0.343. The third-order valence-electron chi connectivity index (χ3n) is 2.17. The van der Waals surface area contributed by atoms with E-state index in [9.17, 15) is 4.79 Å². The first-order valence-electron chi connectivity index (χ1n) is 5.20. The topological polar surface area (TPSA) is 30.2 Å². The van der Waals surface area contributed by atoms with E-state index in [4.69, 9.17) is 4.42 Å². The van der Waals surface area contributed by atoms with Crippen molar-refractivity contribution in [2.75, 3.05) is 0 Å². The van der Waals surface area contributed by atoms with E-state index in [0.29, 0.717) is 18.6 Å². The zero-order valence-corrected chi connectivity index (χ0v) is 9.19. The first kappa shape index (κ1) is 11.5. The van der Waals surface area contributed by atoms with Gasteiger partial charge in [-0.3, -0.25) is 4.79 Å². The lowest BCUT2D eigenvalue weighted by molar-refractivity contribution is -0.118. The highest BCUT2D eigenvalue weighted by atomic mass is 16.3. The molecule has 2 rings (SSSR count). The molecule has 0 amide bonds. The van der Waals surface area contributed by atoms with Crippen molar-refractivity contribution in [3.8, 4) is 0 Å². The van der Waals surface area contributed by atoms with Crippen LogP contribution in [0.1, 0.15) is 26.7 Å². The summed E-state index contributed by atoms with van der Waals surface area (Å²) in [6, 6.07) is 8.05. The van der Waals surface area contributed by atoms with Gasteiger partial charge in [-0.05, 0) is 0 Å². The molecule has 2 aromatic rings. The van der Waals surface area contributed by atoms with Crippen LogP contribution in [0.15, 0.2) is 41.2 Å². The highest BCUT2D eigenvalue weighted by Crippen LogP contribution is 2.12. The van der Waals surface area contributed by atoms with Crippen LogP contribution in [0, 0.1) is 0 Å². The molecule has 0 spiro atoms. The summed E-state index contributed by atoms with van der Waals surface area (Å²) in [6.45, 7) is 3.76. The van der Waals surface area contributed by atoms with Gasteiger partial charge in [-0.15, -0.1) is 0 Å². The highest BCUT2D eigenvalue weighted by molar-refractivity contribution is 5.80. The van der Waals surface area contributed by atoms with Gasteiger partial charge in [0, 0.05) is 23.6 Å². The predicted molar refractivity (Wildman–Crippen MR) is 61.8 cm³/mol. The smallest absolute Gasteiger partial charge is 0.132 e. The molecule has 0 aliphatic heterocycles. The van der Waals surface area contributed by atoms with Gasteiger partial charge in [-0.2, -0.15) is 0 Å². The van der Waals surface area contributed by atoms with Crippen molar-refractivity contribution in [3.63, 3.8) is 0 Å². The maximum absolute atomic E-state index is 10.2. The van der Waals surface area contributed by atoms with Crippen LogP contribution in [-0.4, -0.2) is 5.78 Å². The summed E-state index contributed by atoms with van der Waals surface area (Å²) < 4.78 is 4.96. The van der Waals surface area contributed by atoms with Crippen LogP contribution in [0.4, 0.5) is 0 Å². The molecule has 0 bridgehead atoms. The van der Waals surface area contributed by atoms with Crippen LogP contribution >= 0.6 is 0 Å². The molecule has 2 nitrogen and oxygen atoms in total. The van der Waals surface area contributed by atoms with Crippen molar-refractivity contribution in [1.29, 1.82) is 0 Å². The van der Waals surface area contributed by atoms with Gasteiger partial charge in [-0.25, -0.2) is 0 Å². The van der Waals surface area contributed by atoms with Crippen LogP contribution < -0.4 is 0 Å². The fraction of sp³-hybridized carbons (Fsp3) is 0.308. The second-order valence-corrected chi connectivity index (χ2v) is 3.25. The first-order valence-corrected chi connectivity index (χ1v) is 5.20. The molecular weight excluding hydrogens is 188 g/mol. The SMILES string of the molecule is CCC(=O)CC.c1ccc2cocc2c1. The van der Waals surface area contributed by atoms with Crippen molar-refractivity contribution in [3.05, 3.63) is 36.8 Å². The number of carbonyl (C=O) groups is 1. The number of Topliss-reactive ketones (excluding diaryl/α,β-unsaturated/α-hetero) is 1. The Hall–Kier alpha value is -1.57. The maximum Gasteiger partial charge on any atom is 0.132 e. The second-order valence-electron chi connectivity index (χ2n) is 3.25. The van der Waals surface area contributed by atoms with Crippen LogP contribution in [0.3, 0.4) is 0 Å². The molecule has 1 aromatic carbocycles. The minimum atomic E-state index is 0.343. The quantitative estimate of drug-likeness (QED) is 0.744. The molecule has 0 radical (unpaired) electrons. The minimum absolute atomic E-state index is 0.343. The molecule has 0 N–H and O–H groups in total. The summed E-state index contributed by atoms with van der Waals surface area (Å²) >= 11 is 0. The van der Waals surface area contributed by atoms with Gasteiger partial charge in [0.05, 0.1) is 12.5 Å². The van der Waals surface area contributed by atoms with E-state index in [-0.39, 0.29) is 0 Å². The lowest BCUT2D eigenvalue weighted by Crippen LogP contribution is -1.88.